The Morgan fingerprint density at radius 2 is 1.42 bits per heavy atom. The Morgan fingerprint density at radius 1 is 0.822 bits per heavy atom. The third-order valence-corrected chi connectivity index (χ3v) is 9.30. The second-order valence-electron chi connectivity index (χ2n) is 11.2. The number of amides is 2. The van der Waals surface area contributed by atoms with Crippen molar-refractivity contribution in [2.75, 3.05) is 17.4 Å². The highest BCUT2D eigenvalue weighted by atomic mass is 35.5. The number of sulfonamides is 1. The van der Waals surface area contributed by atoms with Crippen LogP contribution in [0.4, 0.5) is 5.69 Å². The van der Waals surface area contributed by atoms with Gasteiger partial charge in [0.2, 0.25) is 11.8 Å². The minimum Gasteiger partial charge on any atom is -0.457 e. The smallest absolute Gasteiger partial charge is 0.264 e. The molecule has 0 aliphatic heterocycles. The summed E-state index contributed by atoms with van der Waals surface area (Å²) in [6, 6.07) is 28.3. The first kappa shape index (κ1) is 33.6. The van der Waals surface area contributed by atoms with Gasteiger partial charge in [-0.15, -0.1) is 0 Å². The summed E-state index contributed by atoms with van der Waals surface area (Å²) >= 11 is 6.44. The predicted octanol–water partition coefficient (Wildman–Crippen LogP) is 6.83. The molecule has 8 nitrogen and oxygen atoms in total. The van der Waals surface area contributed by atoms with E-state index >= 15 is 0 Å². The number of hydrogen-bond acceptors (Lipinski definition) is 5. The molecule has 0 saturated heterocycles. The Bertz CT molecular complexity index is 1700. The maximum Gasteiger partial charge on any atom is 0.264 e. The van der Waals surface area contributed by atoms with Gasteiger partial charge < -0.3 is 15.0 Å². The summed E-state index contributed by atoms with van der Waals surface area (Å²) in [7, 11) is -4.20. The minimum absolute atomic E-state index is 0.0110. The Kier molecular flexibility index (Phi) is 11.3. The first-order chi connectivity index (χ1) is 21.5. The molecule has 0 saturated carbocycles. The highest BCUT2D eigenvalue weighted by Gasteiger charge is 2.33. The number of aryl methyl sites for hydroxylation is 1. The van der Waals surface area contributed by atoms with Gasteiger partial charge in [0.25, 0.3) is 10.0 Å². The monoisotopic (exact) mass is 647 g/mol. The topological polar surface area (TPSA) is 96.0 Å². The molecule has 0 aliphatic rings. The quantitative estimate of drug-likeness (QED) is 0.172. The summed E-state index contributed by atoms with van der Waals surface area (Å²) in [5.74, 6) is 0.420. The van der Waals surface area contributed by atoms with Crippen LogP contribution in [-0.4, -0.2) is 44.3 Å². The van der Waals surface area contributed by atoms with Gasteiger partial charge in [-0.1, -0.05) is 79.5 Å². The summed E-state index contributed by atoms with van der Waals surface area (Å²) in [5, 5.41) is 3.31. The predicted molar refractivity (Wildman–Crippen MR) is 178 cm³/mol. The van der Waals surface area contributed by atoms with Crippen LogP contribution in [0, 0.1) is 12.8 Å². The highest BCUT2D eigenvalue weighted by molar-refractivity contribution is 7.92. The van der Waals surface area contributed by atoms with Crippen LogP contribution in [0.25, 0.3) is 0 Å². The molecule has 0 radical (unpaired) electrons. The lowest BCUT2D eigenvalue weighted by Crippen LogP contribution is -2.51. The number of nitrogens with zero attached hydrogens (tertiary/aromatic N) is 2. The molecule has 1 atom stereocenters. The van der Waals surface area contributed by atoms with Crippen molar-refractivity contribution in [3.8, 4) is 11.5 Å². The van der Waals surface area contributed by atoms with Crippen LogP contribution in [0.2, 0.25) is 5.02 Å². The van der Waals surface area contributed by atoms with E-state index in [1.165, 1.54) is 17.0 Å². The van der Waals surface area contributed by atoms with Gasteiger partial charge in [0, 0.05) is 18.1 Å². The Hall–Kier alpha value is -4.34. The number of ether oxygens (including phenoxy) is 1. The van der Waals surface area contributed by atoms with Gasteiger partial charge in [0.05, 0.1) is 10.6 Å². The zero-order valence-electron chi connectivity index (χ0n) is 25.8. The van der Waals surface area contributed by atoms with Crippen LogP contribution < -0.4 is 14.4 Å². The fraction of sp³-hybridized carbons (Fsp3) is 0.257. The zero-order chi connectivity index (χ0) is 32.6. The number of rotatable bonds is 13. The third kappa shape index (κ3) is 8.86. The fourth-order valence-electron chi connectivity index (χ4n) is 4.52. The summed E-state index contributed by atoms with van der Waals surface area (Å²) < 4.78 is 35.1. The summed E-state index contributed by atoms with van der Waals surface area (Å²) in [6.45, 7) is 7.32. The van der Waals surface area contributed by atoms with E-state index in [0.29, 0.717) is 28.6 Å². The molecule has 236 valence electrons. The van der Waals surface area contributed by atoms with Crippen LogP contribution >= 0.6 is 11.6 Å². The number of anilines is 1. The largest absolute Gasteiger partial charge is 0.457 e. The zero-order valence-corrected chi connectivity index (χ0v) is 27.4. The average molecular weight is 648 g/mol. The lowest BCUT2D eigenvalue weighted by molar-refractivity contribution is -0.139. The third-order valence-electron chi connectivity index (χ3n) is 7.14. The molecule has 0 bridgehead atoms. The van der Waals surface area contributed by atoms with Crippen molar-refractivity contribution in [3.05, 3.63) is 119 Å². The Labute approximate surface area is 270 Å². The number of carbonyl (C=O) groups is 2. The molecule has 0 aliphatic carbocycles. The van der Waals surface area contributed by atoms with Gasteiger partial charge in [-0.05, 0) is 79.9 Å². The van der Waals surface area contributed by atoms with E-state index in [4.69, 9.17) is 16.3 Å². The SMILES string of the molecule is Cc1ccc(S(=O)(=O)N(CC(=O)N(Cc2ccccc2Cl)[C@@H](C)C(=O)NCC(C)C)c2ccc(Oc3ccccc3)cc2)cc1. The van der Waals surface area contributed by atoms with Crippen molar-refractivity contribution in [1.29, 1.82) is 0 Å². The molecule has 4 rings (SSSR count). The Morgan fingerprint density at radius 3 is 2.04 bits per heavy atom. The minimum atomic E-state index is -4.20. The number of halogens is 1. The average Bonchev–Trinajstić information content (AvgIpc) is 3.02. The first-order valence-corrected chi connectivity index (χ1v) is 16.5. The molecule has 4 aromatic carbocycles. The van der Waals surface area contributed by atoms with E-state index < -0.39 is 28.5 Å². The van der Waals surface area contributed by atoms with Crippen LogP contribution in [0.1, 0.15) is 31.9 Å². The van der Waals surface area contributed by atoms with E-state index in [2.05, 4.69) is 5.32 Å². The summed E-state index contributed by atoms with van der Waals surface area (Å²) in [4.78, 5) is 28.7. The second-order valence-corrected chi connectivity index (χ2v) is 13.4. The molecule has 0 fully saturated rings. The van der Waals surface area contributed by atoms with E-state index in [-0.39, 0.29) is 29.0 Å². The maximum atomic E-state index is 14.1. The highest BCUT2D eigenvalue weighted by Crippen LogP contribution is 2.29. The van der Waals surface area contributed by atoms with Gasteiger partial charge in [-0.2, -0.15) is 0 Å². The summed E-state index contributed by atoms with van der Waals surface area (Å²) in [6.07, 6.45) is 0. The van der Waals surface area contributed by atoms with Crippen molar-refractivity contribution in [2.24, 2.45) is 5.92 Å². The number of nitrogens with one attached hydrogen (secondary N) is 1. The first-order valence-electron chi connectivity index (χ1n) is 14.7. The number of benzene rings is 4. The number of carbonyl (C=O) groups excluding carboxylic acids is 2. The molecular formula is C35H38ClN3O5S. The van der Waals surface area contributed by atoms with Gasteiger partial charge in [0.15, 0.2) is 0 Å². The molecule has 2 amide bonds. The molecule has 0 heterocycles. The van der Waals surface area contributed by atoms with Gasteiger partial charge in [-0.25, -0.2) is 8.42 Å². The molecule has 45 heavy (non-hydrogen) atoms. The lowest BCUT2D eigenvalue weighted by Gasteiger charge is -2.32. The van der Waals surface area contributed by atoms with Gasteiger partial charge in [-0.3, -0.25) is 13.9 Å². The van der Waals surface area contributed by atoms with Crippen LogP contribution in [0.15, 0.2) is 108 Å². The van der Waals surface area contributed by atoms with E-state index in [0.717, 1.165) is 9.87 Å². The van der Waals surface area contributed by atoms with Crippen molar-refractivity contribution >= 4 is 39.1 Å². The molecule has 0 unspecified atom stereocenters. The molecule has 1 N–H and O–H groups in total. The Balaban J connectivity index is 1.70. The van der Waals surface area contributed by atoms with Crippen LogP contribution in [0.3, 0.4) is 0 Å². The van der Waals surface area contributed by atoms with E-state index in [1.807, 2.05) is 51.1 Å². The standard InChI is InChI=1S/C35H38ClN3O5S/c1-25(2)22-37-35(41)27(4)38(23-28-10-8-9-13-33(28)36)34(40)24-39(45(42,43)32-20-14-26(3)15-21-32)29-16-18-31(19-17-29)44-30-11-6-5-7-12-30/h5-21,25,27H,22-24H2,1-4H3,(H,37,41)/t27-/m0/s1. The van der Waals surface area contributed by atoms with E-state index in [1.54, 1.807) is 67.6 Å². The normalized spacial score (nSPS) is 12.0. The van der Waals surface area contributed by atoms with Crippen molar-refractivity contribution in [2.45, 2.75) is 45.2 Å². The van der Waals surface area contributed by atoms with Gasteiger partial charge in [0.1, 0.15) is 24.1 Å². The molecule has 4 aromatic rings. The molecule has 10 heteroatoms. The fourth-order valence-corrected chi connectivity index (χ4v) is 6.13. The van der Waals surface area contributed by atoms with Crippen LogP contribution in [-0.2, 0) is 26.2 Å². The molecular weight excluding hydrogens is 610 g/mol. The van der Waals surface area contributed by atoms with E-state index in [9.17, 15) is 18.0 Å². The van der Waals surface area contributed by atoms with Crippen molar-refractivity contribution in [1.82, 2.24) is 10.2 Å². The second kappa shape index (κ2) is 15.1. The lowest BCUT2D eigenvalue weighted by atomic mass is 10.1. The molecule has 0 aromatic heterocycles. The number of para-hydroxylation sites is 1. The molecule has 0 spiro atoms. The maximum absolute atomic E-state index is 14.1. The summed E-state index contributed by atoms with van der Waals surface area (Å²) in [5.41, 5.74) is 1.79. The van der Waals surface area contributed by atoms with Crippen LogP contribution in [0.5, 0.6) is 11.5 Å². The van der Waals surface area contributed by atoms with Crippen molar-refractivity contribution < 1.29 is 22.7 Å². The van der Waals surface area contributed by atoms with Crippen molar-refractivity contribution in [3.63, 3.8) is 0 Å². The van der Waals surface area contributed by atoms with Gasteiger partial charge >= 0.3 is 0 Å². The number of hydrogen-bond donors (Lipinski definition) is 1.